The van der Waals surface area contributed by atoms with Crippen LogP contribution in [-0.2, 0) is 7.05 Å². The van der Waals surface area contributed by atoms with Crippen molar-refractivity contribution in [2.45, 2.75) is 5.92 Å². The first kappa shape index (κ1) is 18.2. The minimum absolute atomic E-state index is 0. The SMILES string of the molecule is Cl.Cn1ccc(C(=O)N2C[C@@H](CN)[C@H](c3ccccc3)C2)cc1=O. The summed E-state index contributed by atoms with van der Waals surface area (Å²) in [6, 6.07) is 13.3. The van der Waals surface area contributed by atoms with Crippen LogP contribution in [0.4, 0.5) is 0 Å². The van der Waals surface area contributed by atoms with Gasteiger partial charge in [-0.2, -0.15) is 0 Å². The van der Waals surface area contributed by atoms with Crippen LogP contribution in [0.3, 0.4) is 0 Å². The van der Waals surface area contributed by atoms with E-state index in [4.69, 9.17) is 5.73 Å². The Kier molecular flexibility index (Phi) is 5.80. The van der Waals surface area contributed by atoms with E-state index in [-0.39, 0.29) is 35.7 Å². The number of aromatic nitrogens is 1. The van der Waals surface area contributed by atoms with E-state index < -0.39 is 0 Å². The molecule has 6 heteroatoms. The Hall–Kier alpha value is -2.11. The van der Waals surface area contributed by atoms with Crippen LogP contribution in [0, 0.1) is 5.92 Å². The highest BCUT2D eigenvalue weighted by molar-refractivity contribution is 5.94. The molecule has 2 N–H and O–H groups in total. The van der Waals surface area contributed by atoms with Gasteiger partial charge in [-0.15, -0.1) is 12.4 Å². The summed E-state index contributed by atoms with van der Waals surface area (Å²) in [7, 11) is 1.67. The molecule has 1 aliphatic heterocycles. The Morgan fingerprint density at radius 2 is 1.92 bits per heavy atom. The number of benzene rings is 1. The van der Waals surface area contributed by atoms with E-state index in [1.54, 1.807) is 19.3 Å². The van der Waals surface area contributed by atoms with Crippen LogP contribution in [0.15, 0.2) is 53.5 Å². The molecule has 1 fully saturated rings. The molecule has 3 rings (SSSR count). The molecule has 0 saturated carbocycles. The van der Waals surface area contributed by atoms with Crippen molar-refractivity contribution in [3.63, 3.8) is 0 Å². The molecule has 0 bridgehead atoms. The molecule has 2 atom stereocenters. The number of aryl methyl sites for hydroxylation is 1. The highest BCUT2D eigenvalue weighted by Gasteiger charge is 2.35. The molecule has 0 radical (unpaired) electrons. The number of likely N-dealkylation sites (tertiary alicyclic amines) is 1. The largest absolute Gasteiger partial charge is 0.338 e. The predicted molar refractivity (Wildman–Crippen MR) is 96.6 cm³/mol. The van der Waals surface area contributed by atoms with Crippen LogP contribution < -0.4 is 11.3 Å². The Bertz CT molecular complexity index is 760. The number of carbonyl (C=O) groups excluding carboxylic acids is 1. The first-order valence-corrected chi connectivity index (χ1v) is 7.81. The monoisotopic (exact) mass is 347 g/mol. The summed E-state index contributed by atoms with van der Waals surface area (Å²) >= 11 is 0. The van der Waals surface area contributed by atoms with Crippen molar-refractivity contribution in [1.82, 2.24) is 9.47 Å². The standard InChI is InChI=1S/C18H21N3O2.ClH/c1-20-8-7-14(9-17(20)22)18(23)21-11-15(10-19)16(12-21)13-5-3-2-4-6-13;/h2-9,15-16H,10-12,19H2,1H3;1H/t15-,16+;/m1./s1. The van der Waals surface area contributed by atoms with E-state index >= 15 is 0 Å². The van der Waals surface area contributed by atoms with Gasteiger partial charge in [0, 0.05) is 43.9 Å². The number of halogens is 1. The molecule has 0 unspecified atom stereocenters. The summed E-state index contributed by atoms with van der Waals surface area (Å²) in [6.07, 6.45) is 1.63. The Morgan fingerprint density at radius 1 is 1.21 bits per heavy atom. The Balaban J connectivity index is 0.00000208. The van der Waals surface area contributed by atoms with Crippen LogP contribution in [0.25, 0.3) is 0 Å². The number of hydrogen-bond donors (Lipinski definition) is 1. The van der Waals surface area contributed by atoms with E-state index in [9.17, 15) is 9.59 Å². The molecular weight excluding hydrogens is 326 g/mol. The molecule has 1 saturated heterocycles. The summed E-state index contributed by atoms with van der Waals surface area (Å²) in [4.78, 5) is 26.2. The lowest BCUT2D eigenvalue weighted by molar-refractivity contribution is 0.0786. The maximum atomic E-state index is 12.7. The van der Waals surface area contributed by atoms with Crippen molar-refractivity contribution < 1.29 is 4.79 Å². The highest BCUT2D eigenvalue weighted by Crippen LogP contribution is 2.32. The summed E-state index contributed by atoms with van der Waals surface area (Å²) in [5.41, 5.74) is 7.39. The fourth-order valence-electron chi connectivity index (χ4n) is 3.22. The maximum Gasteiger partial charge on any atom is 0.254 e. The molecule has 1 aromatic heterocycles. The number of rotatable bonds is 3. The van der Waals surface area contributed by atoms with Crippen molar-refractivity contribution in [2.24, 2.45) is 18.7 Å². The molecule has 128 valence electrons. The van der Waals surface area contributed by atoms with Gasteiger partial charge >= 0.3 is 0 Å². The second-order valence-corrected chi connectivity index (χ2v) is 6.09. The number of carbonyl (C=O) groups is 1. The third-order valence-corrected chi connectivity index (χ3v) is 4.61. The number of nitrogens with two attached hydrogens (primary N) is 1. The van der Waals surface area contributed by atoms with Gasteiger partial charge in [-0.25, -0.2) is 0 Å². The van der Waals surface area contributed by atoms with Crippen LogP contribution in [-0.4, -0.2) is 35.0 Å². The van der Waals surface area contributed by atoms with Gasteiger partial charge in [0.25, 0.3) is 11.5 Å². The zero-order chi connectivity index (χ0) is 16.4. The van der Waals surface area contributed by atoms with Crippen molar-refractivity contribution in [3.8, 4) is 0 Å². The van der Waals surface area contributed by atoms with Gasteiger partial charge in [0.1, 0.15) is 0 Å². The second-order valence-electron chi connectivity index (χ2n) is 6.09. The summed E-state index contributed by atoms with van der Waals surface area (Å²) in [5, 5.41) is 0. The number of hydrogen-bond acceptors (Lipinski definition) is 3. The average Bonchev–Trinajstić information content (AvgIpc) is 3.02. The normalized spacial score (nSPS) is 19.8. The molecule has 1 aromatic carbocycles. The van der Waals surface area contributed by atoms with Gasteiger partial charge in [0.2, 0.25) is 0 Å². The Morgan fingerprint density at radius 3 is 2.54 bits per heavy atom. The van der Waals surface area contributed by atoms with Crippen LogP contribution in [0.1, 0.15) is 21.8 Å². The molecule has 0 spiro atoms. The first-order valence-electron chi connectivity index (χ1n) is 7.81. The molecule has 1 aliphatic rings. The van der Waals surface area contributed by atoms with Gasteiger partial charge < -0.3 is 15.2 Å². The molecule has 1 amide bonds. The minimum atomic E-state index is -0.176. The Labute approximate surface area is 147 Å². The average molecular weight is 348 g/mol. The van der Waals surface area contributed by atoms with Crippen LogP contribution >= 0.6 is 12.4 Å². The van der Waals surface area contributed by atoms with E-state index in [0.29, 0.717) is 25.2 Å². The quantitative estimate of drug-likeness (QED) is 0.917. The van der Waals surface area contributed by atoms with Crippen molar-refractivity contribution in [3.05, 3.63) is 70.1 Å². The molecule has 2 aromatic rings. The van der Waals surface area contributed by atoms with Gasteiger partial charge in [-0.1, -0.05) is 30.3 Å². The predicted octanol–water partition coefficient (Wildman–Crippen LogP) is 1.62. The molecule has 2 heterocycles. The van der Waals surface area contributed by atoms with Crippen LogP contribution in [0.2, 0.25) is 0 Å². The lowest BCUT2D eigenvalue weighted by Gasteiger charge is -2.17. The summed E-state index contributed by atoms with van der Waals surface area (Å²) in [6.45, 7) is 1.81. The van der Waals surface area contributed by atoms with E-state index in [0.717, 1.165) is 0 Å². The maximum absolute atomic E-state index is 12.7. The minimum Gasteiger partial charge on any atom is -0.338 e. The molecule has 5 nitrogen and oxygen atoms in total. The lowest BCUT2D eigenvalue weighted by Crippen LogP contribution is -2.31. The number of amides is 1. The van der Waals surface area contributed by atoms with Gasteiger partial charge in [0.05, 0.1) is 0 Å². The third-order valence-electron chi connectivity index (χ3n) is 4.61. The number of pyridine rings is 1. The third kappa shape index (κ3) is 3.52. The van der Waals surface area contributed by atoms with Gasteiger partial charge in [-0.3, -0.25) is 9.59 Å². The lowest BCUT2D eigenvalue weighted by atomic mass is 9.89. The van der Waals surface area contributed by atoms with Crippen molar-refractivity contribution in [1.29, 1.82) is 0 Å². The topological polar surface area (TPSA) is 68.3 Å². The number of nitrogens with zero attached hydrogens (tertiary/aromatic N) is 2. The zero-order valence-corrected chi connectivity index (χ0v) is 14.4. The fourth-order valence-corrected chi connectivity index (χ4v) is 3.22. The fraction of sp³-hybridized carbons (Fsp3) is 0.333. The molecule has 24 heavy (non-hydrogen) atoms. The van der Waals surface area contributed by atoms with E-state index in [1.807, 2.05) is 23.1 Å². The van der Waals surface area contributed by atoms with Gasteiger partial charge in [0.15, 0.2) is 0 Å². The highest BCUT2D eigenvalue weighted by atomic mass is 35.5. The van der Waals surface area contributed by atoms with E-state index in [1.165, 1.54) is 16.2 Å². The second kappa shape index (κ2) is 7.64. The van der Waals surface area contributed by atoms with Crippen molar-refractivity contribution in [2.75, 3.05) is 19.6 Å². The molecule has 0 aliphatic carbocycles. The van der Waals surface area contributed by atoms with Crippen molar-refractivity contribution >= 4 is 18.3 Å². The smallest absolute Gasteiger partial charge is 0.254 e. The van der Waals surface area contributed by atoms with Gasteiger partial charge in [-0.05, 0) is 24.1 Å². The molecular formula is C18H22ClN3O2. The van der Waals surface area contributed by atoms with Crippen LogP contribution in [0.5, 0.6) is 0 Å². The summed E-state index contributed by atoms with van der Waals surface area (Å²) in [5.74, 6) is 0.393. The van der Waals surface area contributed by atoms with E-state index in [2.05, 4.69) is 12.1 Å². The zero-order valence-electron chi connectivity index (χ0n) is 13.6. The first-order chi connectivity index (χ1) is 11.1. The summed E-state index contributed by atoms with van der Waals surface area (Å²) < 4.78 is 1.45.